The van der Waals surface area contributed by atoms with Crippen LogP contribution in [0.15, 0.2) is 102 Å². The Labute approximate surface area is 344 Å². The zero-order valence-corrected chi connectivity index (χ0v) is 38.3. The second kappa shape index (κ2) is 17.6. The molecule has 1 radical (unpaired) electrons. The van der Waals surface area contributed by atoms with Crippen molar-refractivity contribution < 1.29 is 24.5 Å². The molecular weight excluding hydrogens is 911 g/mol. The normalized spacial score (nSPS) is 12.0. The van der Waals surface area contributed by atoms with E-state index in [0.29, 0.717) is 28.9 Å². The molecule has 0 fully saturated rings. The van der Waals surface area contributed by atoms with Gasteiger partial charge in [0.05, 0.1) is 5.58 Å². The monoisotopic (exact) mass is 964 g/mol. The maximum atomic E-state index is 9.83. The van der Waals surface area contributed by atoms with Crippen molar-refractivity contribution in [3.63, 3.8) is 0 Å². The summed E-state index contributed by atoms with van der Waals surface area (Å²) in [6.07, 6.45) is 5.12. The molecule has 0 N–H and O–H groups in total. The van der Waals surface area contributed by atoms with E-state index in [1.165, 1.54) is 27.8 Å². The first-order chi connectivity index (χ1) is 25.8. The van der Waals surface area contributed by atoms with Crippen LogP contribution in [0.25, 0.3) is 55.6 Å². The molecule has 1 atom stereocenters. The molecule has 0 aliphatic heterocycles. The summed E-state index contributed by atoms with van der Waals surface area (Å²) in [6, 6.07) is 37.8. The van der Waals surface area contributed by atoms with E-state index in [2.05, 4.69) is 156 Å². The summed E-state index contributed by atoms with van der Waals surface area (Å²) in [5.41, 5.74) is 13.2. The maximum Gasteiger partial charge on any atom is 0.121 e. The van der Waals surface area contributed by atoms with E-state index in [-0.39, 0.29) is 20.1 Å². The summed E-state index contributed by atoms with van der Waals surface area (Å²) in [5, 5.41) is 11.6. The fourth-order valence-corrected chi connectivity index (χ4v) is 10.6. The van der Waals surface area contributed by atoms with Crippen LogP contribution in [0, 0.1) is 49.1 Å². The van der Waals surface area contributed by atoms with Crippen molar-refractivity contribution in [1.29, 1.82) is 5.26 Å². The molecule has 0 amide bonds. The molecule has 6 heteroatoms. The maximum absolute atomic E-state index is 9.83. The molecule has 55 heavy (non-hydrogen) atoms. The summed E-state index contributed by atoms with van der Waals surface area (Å²) in [6.45, 7) is 15.5. The van der Waals surface area contributed by atoms with Crippen LogP contribution in [-0.4, -0.2) is 23.2 Å². The Kier molecular flexibility index (Phi) is 13.4. The first-order valence-corrected chi connectivity index (χ1v) is 26.4. The Morgan fingerprint density at radius 1 is 0.836 bits per heavy atom. The molecule has 0 bridgehead atoms. The third-order valence-electron chi connectivity index (χ3n) is 10.4. The van der Waals surface area contributed by atoms with Gasteiger partial charge in [0.25, 0.3) is 0 Å². The zero-order chi connectivity index (χ0) is 38.7. The van der Waals surface area contributed by atoms with Crippen LogP contribution in [0.3, 0.4) is 0 Å². The number of benzene rings is 4. The molecule has 283 valence electrons. The van der Waals surface area contributed by atoms with E-state index in [4.69, 9.17) is 9.40 Å². The Morgan fingerprint density at radius 2 is 1.58 bits per heavy atom. The van der Waals surface area contributed by atoms with E-state index in [1.54, 1.807) is 10.5 Å². The summed E-state index contributed by atoms with van der Waals surface area (Å²) in [5.74, 6) is 8.92. The second-order valence-electron chi connectivity index (χ2n) is 16.3. The van der Waals surface area contributed by atoms with E-state index in [1.807, 2.05) is 24.4 Å². The number of nitriles is 1. The minimum absolute atomic E-state index is 0. The molecule has 1 unspecified atom stereocenters. The van der Waals surface area contributed by atoms with Crippen molar-refractivity contribution >= 4 is 39.6 Å². The number of pyridine rings is 2. The molecule has 0 saturated carbocycles. The Bertz CT molecular complexity index is 2450. The summed E-state index contributed by atoms with van der Waals surface area (Å²) >= 11 is -1.86. The van der Waals surface area contributed by atoms with Gasteiger partial charge in [0.1, 0.15) is 5.58 Å². The Balaban J connectivity index is 0.000000237. The molecule has 7 rings (SSSR count). The van der Waals surface area contributed by atoms with Crippen LogP contribution in [0.1, 0.15) is 68.4 Å². The average Bonchev–Trinajstić information content (AvgIpc) is 3.53. The standard InChI is InChI=1S/C31H27N2O.C18H24GeN.Ir/c1-18(2)21(5)22-13-14-33-27(15-22)25-11-10-24(17-32)30-26-12-9-23(16-28(26)34-31(25)30)29-19(3)7-6-8-20(29)4;1-14(2)11-16-12-18(15-9-7-6-8-10-15)20-13-17(16)19(3,4)5;/h6-10,12-16,18,21H,1-5H3;6-9,12-14H,11H2,1-5H3;/q2*-1;. The third-order valence-corrected chi connectivity index (χ3v) is 14.7. The molecule has 3 aromatic heterocycles. The number of aromatic nitrogens is 2. The number of hydrogen-bond donors (Lipinski definition) is 0. The van der Waals surface area contributed by atoms with Gasteiger partial charge < -0.3 is 9.40 Å². The second-order valence-corrected chi connectivity index (χ2v) is 26.9. The van der Waals surface area contributed by atoms with Crippen LogP contribution >= 0.6 is 0 Å². The van der Waals surface area contributed by atoms with Gasteiger partial charge in [-0.2, -0.15) is 0 Å². The third kappa shape index (κ3) is 9.21. The molecule has 0 saturated heterocycles. The van der Waals surface area contributed by atoms with Gasteiger partial charge in [0.2, 0.25) is 0 Å². The molecule has 0 spiro atoms. The molecule has 0 aliphatic carbocycles. The van der Waals surface area contributed by atoms with E-state index in [0.717, 1.165) is 50.9 Å². The van der Waals surface area contributed by atoms with Gasteiger partial charge in [-0.25, -0.2) is 5.26 Å². The van der Waals surface area contributed by atoms with Crippen molar-refractivity contribution in [3.8, 4) is 39.7 Å². The van der Waals surface area contributed by atoms with Gasteiger partial charge in [-0.3, -0.25) is 0 Å². The van der Waals surface area contributed by atoms with E-state index in [9.17, 15) is 5.26 Å². The number of fused-ring (bicyclic) bond motifs is 3. The van der Waals surface area contributed by atoms with E-state index < -0.39 is 13.3 Å². The van der Waals surface area contributed by atoms with Crippen molar-refractivity contribution in [1.82, 2.24) is 9.97 Å². The van der Waals surface area contributed by atoms with Crippen molar-refractivity contribution in [3.05, 3.63) is 137 Å². The van der Waals surface area contributed by atoms with Crippen LogP contribution in [0.5, 0.6) is 0 Å². The van der Waals surface area contributed by atoms with Crippen LogP contribution in [0.4, 0.5) is 0 Å². The molecule has 7 aromatic rings. The molecule has 4 aromatic carbocycles. The first kappa shape index (κ1) is 41.8. The first-order valence-electron chi connectivity index (χ1n) is 19.1. The molecular formula is C49H51GeIrN3O-2. The fourth-order valence-electron chi connectivity index (χ4n) is 7.26. The Morgan fingerprint density at radius 3 is 2.22 bits per heavy atom. The number of nitrogens with zero attached hydrogens (tertiary/aromatic N) is 3. The topological polar surface area (TPSA) is 62.7 Å². The minimum atomic E-state index is -1.86. The summed E-state index contributed by atoms with van der Waals surface area (Å²) < 4.78 is 7.99. The predicted octanol–water partition coefficient (Wildman–Crippen LogP) is 12.7. The summed E-state index contributed by atoms with van der Waals surface area (Å²) in [4.78, 5) is 9.34. The molecule has 4 nitrogen and oxygen atoms in total. The number of aryl methyl sites for hydroxylation is 2. The van der Waals surface area contributed by atoms with Gasteiger partial charge in [-0.05, 0) is 76.7 Å². The van der Waals surface area contributed by atoms with Crippen LogP contribution < -0.4 is 4.40 Å². The zero-order valence-electron chi connectivity index (χ0n) is 33.8. The summed E-state index contributed by atoms with van der Waals surface area (Å²) in [7, 11) is 0. The number of furan rings is 1. The largest absolute Gasteiger partial charge is 0.501 e. The average molecular weight is 963 g/mol. The van der Waals surface area contributed by atoms with Crippen molar-refractivity contribution in [2.24, 2.45) is 11.8 Å². The molecule has 3 heterocycles. The smallest absolute Gasteiger partial charge is 0.121 e. The van der Waals surface area contributed by atoms with Gasteiger partial charge in [-0.15, -0.1) is 12.1 Å². The Hall–Kier alpha value is -4.34. The SMILES string of the molecule is CC(C)Cc1cc(-c2[c-]cccc2)nc[c]1[Ge]([CH3])([CH3])[CH3].Cc1cccc(C)c1-c1ccc2c(c1)oc1c(-c3cc(C(C)C(C)C)ccn3)[c-]cc(C#N)c12.[Ir]. The predicted molar refractivity (Wildman–Crippen MR) is 229 cm³/mol. The minimum Gasteiger partial charge on any atom is -0.501 e. The van der Waals surface area contributed by atoms with Crippen molar-refractivity contribution in [2.45, 2.75) is 78.1 Å². The quantitative estimate of drug-likeness (QED) is 0.112. The fraction of sp³-hybridized carbons (Fsp3) is 0.286. The van der Waals surface area contributed by atoms with Crippen LogP contribution in [-0.2, 0) is 26.5 Å². The van der Waals surface area contributed by atoms with Gasteiger partial charge in [-0.1, -0.05) is 68.3 Å². The van der Waals surface area contributed by atoms with Gasteiger partial charge in [0, 0.05) is 37.8 Å². The van der Waals surface area contributed by atoms with E-state index >= 15 is 0 Å². The van der Waals surface area contributed by atoms with Crippen molar-refractivity contribution in [2.75, 3.05) is 0 Å². The number of rotatable bonds is 8. The molecule has 0 aliphatic rings. The number of hydrogen-bond acceptors (Lipinski definition) is 4. The van der Waals surface area contributed by atoms with Gasteiger partial charge >= 0.3 is 126 Å². The van der Waals surface area contributed by atoms with Crippen LogP contribution in [0.2, 0.25) is 17.3 Å². The van der Waals surface area contributed by atoms with Gasteiger partial charge in [0.15, 0.2) is 0 Å².